The van der Waals surface area contributed by atoms with E-state index < -0.39 is 0 Å². The first kappa shape index (κ1) is 14.9. The number of hydrogen-bond donors (Lipinski definition) is 2. The van der Waals surface area contributed by atoms with E-state index in [-0.39, 0.29) is 11.9 Å². The van der Waals surface area contributed by atoms with E-state index in [1.54, 1.807) is 0 Å². The zero-order chi connectivity index (χ0) is 14.5. The molecular formula is C17H26N2O. The highest BCUT2D eigenvalue weighted by atomic mass is 16.1. The van der Waals surface area contributed by atoms with Crippen LogP contribution in [0.3, 0.4) is 0 Å². The molecule has 0 saturated heterocycles. The van der Waals surface area contributed by atoms with Crippen molar-refractivity contribution in [2.75, 3.05) is 11.9 Å². The molecule has 0 aromatic heterocycles. The molecule has 2 rings (SSSR count). The average Bonchev–Trinajstić information content (AvgIpc) is 3.19. The standard InChI is InChI=1S/C17H26N2O/c1-4-9-18-16-10-12(2)5-8-15(16)17(20)19-13(3)11-14-6-7-14/h5,8,10,13-14,18H,4,6-7,9,11H2,1-3H3,(H,19,20). The van der Waals surface area contributed by atoms with Crippen LogP contribution < -0.4 is 10.6 Å². The van der Waals surface area contributed by atoms with Crippen LogP contribution in [0.2, 0.25) is 0 Å². The van der Waals surface area contributed by atoms with Crippen LogP contribution in [0.1, 0.15) is 55.5 Å². The summed E-state index contributed by atoms with van der Waals surface area (Å²) < 4.78 is 0. The van der Waals surface area contributed by atoms with Crippen LogP contribution in [0.25, 0.3) is 0 Å². The first-order valence-corrected chi connectivity index (χ1v) is 7.75. The van der Waals surface area contributed by atoms with Gasteiger partial charge in [0.15, 0.2) is 0 Å². The monoisotopic (exact) mass is 274 g/mol. The Kier molecular flexibility index (Phi) is 5.05. The molecule has 1 aliphatic rings. The van der Waals surface area contributed by atoms with E-state index >= 15 is 0 Å². The van der Waals surface area contributed by atoms with Crippen LogP contribution >= 0.6 is 0 Å². The van der Waals surface area contributed by atoms with E-state index in [0.29, 0.717) is 0 Å². The lowest BCUT2D eigenvalue weighted by Gasteiger charge is -2.16. The highest BCUT2D eigenvalue weighted by molar-refractivity contribution is 5.99. The first-order valence-electron chi connectivity index (χ1n) is 7.75. The predicted octanol–water partition coefficient (Wildman–Crippen LogP) is 3.74. The average molecular weight is 274 g/mol. The molecule has 1 unspecified atom stereocenters. The van der Waals surface area contributed by atoms with Gasteiger partial charge in [0.05, 0.1) is 5.56 Å². The maximum atomic E-state index is 12.4. The van der Waals surface area contributed by atoms with Crippen LogP contribution in [0.15, 0.2) is 18.2 Å². The molecule has 0 bridgehead atoms. The Balaban J connectivity index is 2.02. The number of benzene rings is 1. The molecule has 0 spiro atoms. The fraction of sp³-hybridized carbons (Fsp3) is 0.588. The highest BCUT2D eigenvalue weighted by Gasteiger charge is 2.24. The molecule has 0 radical (unpaired) electrons. The van der Waals surface area contributed by atoms with Crippen molar-refractivity contribution < 1.29 is 4.79 Å². The van der Waals surface area contributed by atoms with Crippen molar-refractivity contribution in [3.05, 3.63) is 29.3 Å². The second-order valence-electron chi connectivity index (χ2n) is 6.03. The summed E-state index contributed by atoms with van der Waals surface area (Å²) >= 11 is 0. The van der Waals surface area contributed by atoms with Crippen molar-refractivity contribution in [3.63, 3.8) is 0 Å². The van der Waals surface area contributed by atoms with Crippen molar-refractivity contribution in [1.82, 2.24) is 5.32 Å². The van der Waals surface area contributed by atoms with Gasteiger partial charge in [-0.05, 0) is 50.3 Å². The summed E-state index contributed by atoms with van der Waals surface area (Å²) in [6, 6.07) is 6.23. The zero-order valence-corrected chi connectivity index (χ0v) is 12.8. The van der Waals surface area contributed by atoms with Crippen molar-refractivity contribution >= 4 is 11.6 Å². The summed E-state index contributed by atoms with van der Waals surface area (Å²) in [5.41, 5.74) is 2.88. The molecular weight excluding hydrogens is 248 g/mol. The minimum absolute atomic E-state index is 0.0387. The van der Waals surface area contributed by atoms with E-state index in [4.69, 9.17) is 0 Å². The van der Waals surface area contributed by atoms with Gasteiger partial charge in [0.2, 0.25) is 0 Å². The van der Waals surface area contributed by atoms with Gasteiger partial charge in [-0.15, -0.1) is 0 Å². The Labute approximate surface area is 122 Å². The summed E-state index contributed by atoms with van der Waals surface area (Å²) in [5.74, 6) is 0.873. The Hall–Kier alpha value is -1.51. The molecule has 20 heavy (non-hydrogen) atoms. The fourth-order valence-corrected chi connectivity index (χ4v) is 2.48. The number of anilines is 1. The van der Waals surface area contributed by atoms with Crippen molar-refractivity contribution in [1.29, 1.82) is 0 Å². The number of amides is 1. The molecule has 0 aliphatic heterocycles. The van der Waals surface area contributed by atoms with Gasteiger partial charge in [-0.1, -0.05) is 25.8 Å². The summed E-state index contributed by atoms with van der Waals surface area (Å²) in [5, 5.41) is 6.48. The Morgan fingerprint density at radius 3 is 2.80 bits per heavy atom. The molecule has 3 heteroatoms. The number of hydrogen-bond acceptors (Lipinski definition) is 2. The number of aryl methyl sites for hydroxylation is 1. The van der Waals surface area contributed by atoms with Gasteiger partial charge < -0.3 is 10.6 Å². The minimum Gasteiger partial charge on any atom is -0.384 e. The largest absolute Gasteiger partial charge is 0.384 e. The molecule has 1 aromatic carbocycles. The molecule has 1 aromatic rings. The quantitative estimate of drug-likeness (QED) is 0.795. The molecule has 1 aliphatic carbocycles. The van der Waals surface area contributed by atoms with Crippen LogP contribution in [0.4, 0.5) is 5.69 Å². The molecule has 0 heterocycles. The minimum atomic E-state index is 0.0387. The number of carbonyl (C=O) groups is 1. The van der Waals surface area contributed by atoms with Gasteiger partial charge in [-0.25, -0.2) is 0 Å². The van der Waals surface area contributed by atoms with Gasteiger partial charge in [0.1, 0.15) is 0 Å². The first-order chi connectivity index (χ1) is 9.60. The second kappa shape index (κ2) is 6.78. The van der Waals surface area contributed by atoms with E-state index in [2.05, 4.69) is 37.5 Å². The highest BCUT2D eigenvalue weighted by Crippen LogP contribution is 2.33. The van der Waals surface area contributed by atoms with E-state index in [1.165, 1.54) is 18.4 Å². The fourth-order valence-electron chi connectivity index (χ4n) is 2.48. The van der Waals surface area contributed by atoms with Crippen LogP contribution in [-0.2, 0) is 0 Å². The third-order valence-electron chi connectivity index (χ3n) is 3.75. The number of carbonyl (C=O) groups excluding carboxylic acids is 1. The summed E-state index contributed by atoms with van der Waals surface area (Å²) in [7, 11) is 0. The maximum Gasteiger partial charge on any atom is 0.253 e. The van der Waals surface area contributed by atoms with E-state index in [0.717, 1.165) is 36.6 Å². The molecule has 1 amide bonds. The summed E-state index contributed by atoms with van der Waals surface area (Å²) in [4.78, 5) is 12.4. The molecule has 110 valence electrons. The van der Waals surface area contributed by atoms with Crippen molar-refractivity contribution in [3.8, 4) is 0 Å². The molecule has 3 nitrogen and oxygen atoms in total. The van der Waals surface area contributed by atoms with Crippen molar-refractivity contribution in [2.24, 2.45) is 5.92 Å². The SMILES string of the molecule is CCCNc1cc(C)ccc1C(=O)NC(C)CC1CC1. The van der Waals surface area contributed by atoms with E-state index in [1.807, 2.05) is 12.1 Å². The predicted molar refractivity (Wildman–Crippen MR) is 84.2 cm³/mol. The maximum absolute atomic E-state index is 12.4. The van der Waals surface area contributed by atoms with Crippen molar-refractivity contribution in [2.45, 2.75) is 52.5 Å². The lowest BCUT2D eigenvalue weighted by molar-refractivity contribution is 0.0938. The summed E-state index contributed by atoms with van der Waals surface area (Å²) in [6.07, 6.45) is 4.81. The third kappa shape index (κ3) is 4.26. The van der Waals surface area contributed by atoms with E-state index in [9.17, 15) is 4.79 Å². The number of rotatable bonds is 7. The van der Waals surface area contributed by atoms with Gasteiger partial charge in [0, 0.05) is 18.3 Å². The van der Waals surface area contributed by atoms with Gasteiger partial charge >= 0.3 is 0 Å². The molecule has 1 fully saturated rings. The second-order valence-corrected chi connectivity index (χ2v) is 6.03. The lowest BCUT2D eigenvalue weighted by Crippen LogP contribution is -2.33. The summed E-state index contributed by atoms with van der Waals surface area (Å²) in [6.45, 7) is 7.17. The molecule has 2 N–H and O–H groups in total. The lowest BCUT2D eigenvalue weighted by atomic mass is 10.1. The van der Waals surface area contributed by atoms with Crippen LogP contribution in [-0.4, -0.2) is 18.5 Å². The van der Waals surface area contributed by atoms with Crippen LogP contribution in [0.5, 0.6) is 0 Å². The van der Waals surface area contributed by atoms with Gasteiger partial charge in [0.25, 0.3) is 5.91 Å². The Morgan fingerprint density at radius 1 is 1.40 bits per heavy atom. The zero-order valence-electron chi connectivity index (χ0n) is 12.8. The van der Waals surface area contributed by atoms with Gasteiger partial charge in [-0.2, -0.15) is 0 Å². The number of nitrogens with one attached hydrogen (secondary N) is 2. The normalized spacial score (nSPS) is 15.8. The topological polar surface area (TPSA) is 41.1 Å². The molecule has 1 atom stereocenters. The van der Waals surface area contributed by atoms with Gasteiger partial charge in [-0.3, -0.25) is 4.79 Å². The smallest absolute Gasteiger partial charge is 0.253 e. The Morgan fingerprint density at radius 2 is 2.15 bits per heavy atom. The molecule has 1 saturated carbocycles. The third-order valence-corrected chi connectivity index (χ3v) is 3.75. The van der Waals surface area contributed by atoms with Crippen LogP contribution in [0, 0.1) is 12.8 Å². The Bertz CT molecular complexity index is 466.